The maximum Gasteiger partial charge on any atom is 0.221 e. The van der Waals surface area contributed by atoms with E-state index in [0.717, 1.165) is 47.5 Å². The molecule has 0 radical (unpaired) electrons. The van der Waals surface area contributed by atoms with Crippen LogP contribution in [0.1, 0.15) is 17.5 Å². The molecule has 2 aromatic carbocycles. The molecule has 2 heterocycles. The minimum atomic E-state index is 0.130. The number of carbonyl (C=O) groups excluding carboxylic acids is 1. The minimum absolute atomic E-state index is 0.130. The Balaban J connectivity index is 1.77. The SMILES string of the molecule is COc1ccc(-c2nc3c(C)cccc3cc2CN2CCNC(=O)CC2)cc1. The zero-order valence-electron chi connectivity index (χ0n) is 16.4. The van der Waals surface area contributed by atoms with Crippen molar-refractivity contribution in [2.45, 2.75) is 19.9 Å². The number of nitrogens with zero attached hydrogens (tertiary/aromatic N) is 2. The van der Waals surface area contributed by atoms with Crippen molar-refractivity contribution in [2.24, 2.45) is 0 Å². The first-order valence-electron chi connectivity index (χ1n) is 9.67. The van der Waals surface area contributed by atoms with Crippen LogP contribution in [-0.4, -0.2) is 42.5 Å². The standard InChI is InChI=1S/C23H25N3O2/c1-16-4-3-5-18-14-19(15-26-12-10-21(27)24-11-13-26)23(25-22(16)18)17-6-8-20(28-2)9-7-17/h3-9,14H,10-13,15H2,1-2H3,(H,24,27). The third-order valence-electron chi connectivity index (χ3n) is 5.29. The molecule has 0 unspecified atom stereocenters. The summed E-state index contributed by atoms with van der Waals surface area (Å²) in [5, 5.41) is 4.10. The summed E-state index contributed by atoms with van der Waals surface area (Å²) in [7, 11) is 1.67. The van der Waals surface area contributed by atoms with Gasteiger partial charge in [0.25, 0.3) is 0 Å². The monoisotopic (exact) mass is 375 g/mol. The molecule has 144 valence electrons. The van der Waals surface area contributed by atoms with Crippen LogP contribution in [0.5, 0.6) is 5.75 Å². The number of aryl methyl sites for hydroxylation is 1. The first-order chi connectivity index (χ1) is 13.6. The first kappa shape index (κ1) is 18.4. The molecule has 0 aliphatic carbocycles. The van der Waals surface area contributed by atoms with Crippen LogP contribution in [0.4, 0.5) is 0 Å². The summed E-state index contributed by atoms with van der Waals surface area (Å²) in [4.78, 5) is 19.1. The molecule has 1 fully saturated rings. The van der Waals surface area contributed by atoms with Crippen LogP contribution in [-0.2, 0) is 11.3 Å². The lowest BCUT2D eigenvalue weighted by Crippen LogP contribution is -2.28. The van der Waals surface area contributed by atoms with Crippen molar-refractivity contribution in [1.29, 1.82) is 0 Å². The summed E-state index contributed by atoms with van der Waals surface area (Å²) >= 11 is 0. The topological polar surface area (TPSA) is 54.5 Å². The molecule has 0 atom stereocenters. The molecule has 4 rings (SSSR count). The van der Waals surface area contributed by atoms with Gasteiger partial charge in [0.1, 0.15) is 5.75 Å². The lowest BCUT2D eigenvalue weighted by Gasteiger charge is -2.21. The molecule has 1 aliphatic heterocycles. The second kappa shape index (κ2) is 7.98. The number of amides is 1. The van der Waals surface area contributed by atoms with E-state index in [1.807, 2.05) is 12.1 Å². The van der Waals surface area contributed by atoms with Gasteiger partial charge in [-0.05, 0) is 48.4 Å². The molecule has 0 spiro atoms. The van der Waals surface area contributed by atoms with E-state index < -0.39 is 0 Å². The van der Waals surface area contributed by atoms with Gasteiger partial charge in [0.05, 0.1) is 18.3 Å². The molecule has 0 saturated carbocycles. The maximum absolute atomic E-state index is 11.7. The van der Waals surface area contributed by atoms with Gasteiger partial charge in [0, 0.05) is 43.5 Å². The average molecular weight is 375 g/mol. The lowest BCUT2D eigenvalue weighted by molar-refractivity contribution is -0.120. The Morgan fingerprint density at radius 2 is 1.96 bits per heavy atom. The number of fused-ring (bicyclic) bond motifs is 1. The number of benzene rings is 2. The van der Waals surface area contributed by atoms with Crippen LogP contribution < -0.4 is 10.1 Å². The summed E-state index contributed by atoms with van der Waals surface area (Å²) in [5.74, 6) is 0.963. The Morgan fingerprint density at radius 1 is 1.14 bits per heavy atom. The van der Waals surface area contributed by atoms with Crippen molar-refractivity contribution in [2.75, 3.05) is 26.7 Å². The van der Waals surface area contributed by atoms with Gasteiger partial charge in [-0.25, -0.2) is 4.98 Å². The van der Waals surface area contributed by atoms with E-state index in [2.05, 4.69) is 53.5 Å². The summed E-state index contributed by atoms with van der Waals surface area (Å²) in [5.41, 5.74) is 5.45. The number of ether oxygens (including phenoxy) is 1. The zero-order chi connectivity index (χ0) is 19.5. The number of carbonyl (C=O) groups is 1. The molecule has 1 amide bonds. The van der Waals surface area contributed by atoms with E-state index in [-0.39, 0.29) is 5.91 Å². The van der Waals surface area contributed by atoms with Gasteiger partial charge in [-0.1, -0.05) is 18.2 Å². The Morgan fingerprint density at radius 3 is 2.75 bits per heavy atom. The van der Waals surface area contributed by atoms with Crippen LogP contribution in [0.25, 0.3) is 22.2 Å². The highest BCUT2D eigenvalue weighted by Gasteiger charge is 2.17. The molecule has 1 aromatic heterocycles. The quantitative estimate of drug-likeness (QED) is 0.758. The Hall–Kier alpha value is -2.92. The van der Waals surface area contributed by atoms with Crippen LogP contribution in [0.3, 0.4) is 0 Å². The van der Waals surface area contributed by atoms with Crippen LogP contribution in [0, 0.1) is 6.92 Å². The number of nitrogens with one attached hydrogen (secondary N) is 1. The van der Waals surface area contributed by atoms with E-state index >= 15 is 0 Å². The molecule has 1 aliphatic rings. The molecule has 28 heavy (non-hydrogen) atoms. The molecule has 1 N–H and O–H groups in total. The van der Waals surface area contributed by atoms with Gasteiger partial charge >= 0.3 is 0 Å². The van der Waals surface area contributed by atoms with E-state index in [1.54, 1.807) is 7.11 Å². The van der Waals surface area contributed by atoms with Crippen molar-refractivity contribution in [3.63, 3.8) is 0 Å². The third kappa shape index (κ3) is 3.85. The third-order valence-corrected chi connectivity index (χ3v) is 5.29. The Kier molecular flexibility index (Phi) is 5.26. The molecule has 1 saturated heterocycles. The fourth-order valence-electron chi connectivity index (χ4n) is 3.72. The molecule has 5 nitrogen and oxygen atoms in total. The summed E-state index contributed by atoms with van der Waals surface area (Å²) in [6.45, 7) is 5.17. The van der Waals surface area contributed by atoms with Crippen LogP contribution in [0.15, 0.2) is 48.5 Å². The second-order valence-electron chi connectivity index (χ2n) is 7.25. The number of aromatic nitrogens is 1. The summed E-state index contributed by atoms with van der Waals surface area (Å²) in [6, 6.07) is 16.6. The van der Waals surface area contributed by atoms with Crippen molar-refractivity contribution in [3.05, 3.63) is 59.7 Å². The molecule has 0 bridgehead atoms. The highest BCUT2D eigenvalue weighted by atomic mass is 16.5. The number of hydrogen-bond donors (Lipinski definition) is 1. The second-order valence-corrected chi connectivity index (χ2v) is 7.25. The molecular formula is C23H25N3O2. The van der Waals surface area contributed by atoms with Gasteiger partial charge in [-0.2, -0.15) is 0 Å². The average Bonchev–Trinajstić information content (AvgIpc) is 2.92. The lowest BCUT2D eigenvalue weighted by atomic mass is 10.0. The van der Waals surface area contributed by atoms with E-state index in [0.29, 0.717) is 13.0 Å². The van der Waals surface area contributed by atoms with Gasteiger partial charge in [0.15, 0.2) is 0 Å². The number of rotatable bonds is 4. The van der Waals surface area contributed by atoms with Gasteiger partial charge in [-0.15, -0.1) is 0 Å². The zero-order valence-corrected chi connectivity index (χ0v) is 16.4. The van der Waals surface area contributed by atoms with Crippen molar-refractivity contribution in [1.82, 2.24) is 15.2 Å². The van der Waals surface area contributed by atoms with Crippen LogP contribution >= 0.6 is 0 Å². The minimum Gasteiger partial charge on any atom is -0.497 e. The van der Waals surface area contributed by atoms with Gasteiger partial charge in [0.2, 0.25) is 5.91 Å². The number of methoxy groups -OCH3 is 1. The fraction of sp³-hybridized carbons (Fsp3) is 0.304. The summed E-state index contributed by atoms with van der Waals surface area (Å²) < 4.78 is 5.30. The number of para-hydroxylation sites is 1. The van der Waals surface area contributed by atoms with Gasteiger partial charge in [-0.3, -0.25) is 9.69 Å². The predicted molar refractivity (Wildman–Crippen MR) is 111 cm³/mol. The molecule has 3 aromatic rings. The Bertz CT molecular complexity index is 999. The highest BCUT2D eigenvalue weighted by Crippen LogP contribution is 2.29. The van der Waals surface area contributed by atoms with Crippen LogP contribution in [0.2, 0.25) is 0 Å². The molecular weight excluding hydrogens is 350 g/mol. The Labute approximate surface area is 165 Å². The van der Waals surface area contributed by atoms with E-state index in [4.69, 9.17) is 9.72 Å². The van der Waals surface area contributed by atoms with Crippen molar-refractivity contribution < 1.29 is 9.53 Å². The number of pyridine rings is 1. The summed E-state index contributed by atoms with van der Waals surface area (Å²) in [6.07, 6.45) is 0.540. The van der Waals surface area contributed by atoms with E-state index in [1.165, 1.54) is 11.1 Å². The highest BCUT2D eigenvalue weighted by molar-refractivity contribution is 5.86. The predicted octanol–water partition coefficient (Wildman–Crippen LogP) is 3.54. The number of hydrogen-bond acceptors (Lipinski definition) is 4. The van der Waals surface area contributed by atoms with Crippen molar-refractivity contribution >= 4 is 16.8 Å². The maximum atomic E-state index is 11.7. The smallest absolute Gasteiger partial charge is 0.221 e. The molecule has 5 heteroatoms. The fourth-order valence-corrected chi connectivity index (χ4v) is 3.72. The van der Waals surface area contributed by atoms with Crippen molar-refractivity contribution in [3.8, 4) is 17.0 Å². The first-order valence-corrected chi connectivity index (χ1v) is 9.67. The normalized spacial score (nSPS) is 15.3. The largest absolute Gasteiger partial charge is 0.497 e. The van der Waals surface area contributed by atoms with E-state index in [9.17, 15) is 4.79 Å². The van der Waals surface area contributed by atoms with Gasteiger partial charge < -0.3 is 10.1 Å².